The summed E-state index contributed by atoms with van der Waals surface area (Å²) in [6.45, 7) is 2.10. The zero-order valence-corrected chi connectivity index (χ0v) is 20.3. The highest BCUT2D eigenvalue weighted by atomic mass is 35.5. The van der Waals surface area contributed by atoms with Crippen molar-refractivity contribution in [3.05, 3.63) is 118 Å². The van der Waals surface area contributed by atoms with Crippen molar-refractivity contribution in [2.45, 2.75) is 25.6 Å². The Morgan fingerprint density at radius 3 is 2.50 bits per heavy atom. The fourth-order valence-electron chi connectivity index (χ4n) is 5.10. The predicted molar refractivity (Wildman–Crippen MR) is 141 cm³/mol. The zero-order chi connectivity index (χ0) is 24.2. The van der Waals surface area contributed by atoms with Crippen molar-refractivity contribution >= 4 is 28.2 Å². The first-order valence-corrected chi connectivity index (χ1v) is 12.4. The summed E-state index contributed by atoms with van der Waals surface area (Å²) in [5.41, 5.74) is 7.32. The van der Waals surface area contributed by atoms with Crippen LogP contribution in [0.4, 0.5) is 0 Å². The highest BCUT2D eigenvalue weighted by Crippen LogP contribution is 2.48. The molecule has 2 atom stereocenters. The number of hydrazone groups is 1. The molecule has 176 valence electrons. The number of ether oxygens (including phenoxy) is 1. The maximum Gasteiger partial charge on any atom is 0.213 e. The van der Waals surface area contributed by atoms with Gasteiger partial charge in [-0.2, -0.15) is 5.10 Å². The van der Waals surface area contributed by atoms with Crippen molar-refractivity contribution in [1.29, 1.82) is 0 Å². The number of hydrogen-bond acceptors (Lipinski definition) is 5. The Labute approximate surface area is 213 Å². The van der Waals surface area contributed by atoms with Crippen LogP contribution in [0.15, 0.2) is 101 Å². The lowest BCUT2D eigenvalue weighted by Crippen LogP contribution is -2.33. The van der Waals surface area contributed by atoms with Gasteiger partial charge in [-0.3, -0.25) is 0 Å². The van der Waals surface area contributed by atoms with Crippen LogP contribution in [-0.4, -0.2) is 15.9 Å². The van der Waals surface area contributed by atoms with Gasteiger partial charge >= 0.3 is 0 Å². The maximum atomic E-state index is 6.57. The Morgan fingerprint density at radius 1 is 0.889 bits per heavy atom. The average molecular weight is 492 g/mol. The SMILES string of the molecule is Cc1ccc(C2=NN3C(C2)c2ccccc2OC3c2ccc3noc(-c4ccc(Cl)cc4)c3c2)cc1. The Kier molecular flexibility index (Phi) is 4.86. The minimum atomic E-state index is -0.370. The molecule has 36 heavy (non-hydrogen) atoms. The smallest absolute Gasteiger partial charge is 0.213 e. The number of halogens is 1. The second kappa shape index (κ2) is 8.25. The largest absolute Gasteiger partial charge is 0.464 e. The lowest BCUT2D eigenvalue weighted by atomic mass is 9.95. The summed E-state index contributed by atoms with van der Waals surface area (Å²) in [6, 6.07) is 30.6. The highest BCUT2D eigenvalue weighted by molar-refractivity contribution is 6.30. The minimum Gasteiger partial charge on any atom is -0.464 e. The van der Waals surface area contributed by atoms with Gasteiger partial charge in [-0.15, -0.1) is 0 Å². The molecular weight excluding hydrogens is 470 g/mol. The molecule has 0 aliphatic carbocycles. The Hall–Kier alpha value is -4.09. The molecule has 2 unspecified atom stereocenters. The van der Waals surface area contributed by atoms with Crippen molar-refractivity contribution in [2.24, 2.45) is 5.10 Å². The van der Waals surface area contributed by atoms with Gasteiger partial charge in [-0.1, -0.05) is 70.9 Å². The molecular formula is C30H22ClN3O2. The fourth-order valence-corrected chi connectivity index (χ4v) is 5.22. The van der Waals surface area contributed by atoms with Crippen molar-refractivity contribution in [2.75, 3.05) is 0 Å². The van der Waals surface area contributed by atoms with E-state index in [1.807, 2.05) is 48.5 Å². The van der Waals surface area contributed by atoms with E-state index >= 15 is 0 Å². The highest BCUT2D eigenvalue weighted by Gasteiger charge is 2.41. The van der Waals surface area contributed by atoms with Crippen molar-refractivity contribution in [1.82, 2.24) is 10.2 Å². The molecule has 0 saturated carbocycles. The summed E-state index contributed by atoms with van der Waals surface area (Å²) in [6.07, 6.45) is 0.455. The van der Waals surface area contributed by atoms with E-state index in [-0.39, 0.29) is 12.3 Å². The summed E-state index contributed by atoms with van der Waals surface area (Å²) < 4.78 is 12.3. The van der Waals surface area contributed by atoms with Gasteiger partial charge in [0.1, 0.15) is 11.3 Å². The number of fused-ring (bicyclic) bond motifs is 4. The molecule has 0 N–H and O–H groups in total. The number of para-hydroxylation sites is 1. The van der Waals surface area contributed by atoms with Crippen LogP contribution >= 0.6 is 11.6 Å². The molecule has 1 aromatic heterocycles. The number of hydrogen-bond donors (Lipinski definition) is 0. The van der Waals surface area contributed by atoms with E-state index in [9.17, 15) is 0 Å². The number of aromatic nitrogens is 1. The first-order chi connectivity index (χ1) is 17.6. The lowest BCUT2D eigenvalue weighted by Gasteiger charge is -2.38. The van der Waals surface area contributed by atoms with Crippen LogP contribution in [0, 0.1) is 6.92 Å². The Bertz CT molecular complexity index is 1620. The summed E-state index contributed by atoms with van der Waals surface area (Å²) in [4.78, 5) is 0. The zero-order valence-electron chi connectivity index (χ0n) is 19.6. The van der Waals surface area contributed by atoms with E-state index in [1.54, 1.807) is 0 Å². The Morgan fingerprint density at radius 2 is 1.67 bits per heavy atom. The van der Waals surface area contributed by atoms with E-state index in [0.29, 0.717) is 10.8 Å². The first kappa shape index (κ1) is 21.2. The van der Waals surface area contributed by atoms with Gasteiger partial charge in [0.2, 0.25) is 6.23 Å². The molecule has 0 spiro atoms. The second-order valence-electron chi connectivity index (χ2n) is 9.32. The van der Waals surface area contributed by atoms with Crippen LogP contribution in [0.25, 0.3) is 22.2 Å². The van der Waals surface area contributed by atoms with Gasteiger partial charge in [0.05, 0.1) is 17.1 Å². The molecule has 2 aliphatic heterocycles. The van der Waals surface area contributed by atoms with Crippen LogP contribution < -0.4 is 4.74 Å². The molecule has 6 heteroatoms. The van der Waals surface area contributed by atoms with Crippen LogP contribution in [0.2, 0.25) is 5.02 Å². The molecule has 7 rings (SSSR count). The van der Waals surface area contributed by atoms with Crippen LogP contribution in [-0.2, 0) is 0 Å². The predicted octanol–water partition coefficient (Wildman–Crippen LogP) is 7.70. The van der Waals surface area contributed by atoms with Gasteiger partial charge < -0.3 is 9.26 Å². The van der Waals surface area contributed by atoms with Gasteiger partial charge in [0.25, 0.3) is 0 Å². The van der Waals surface area contributed by atoms with Gasteiger partial charge in [0.15, 0.2) is 5.76 Å². The lowest BCUT2D eigenvalue weighted by molar-refractivity contribution is -0.0189. The first-order valence-electron chi connectivity index (χ1n) is 12.0. The number of nitrogens with zero attached hydrogens (tertiary/aromatic N) is 3. The minimum absolute atomic E-state index is 0.102. The van der Waals surface area contributed by atoms with Crippen LogP contribution in [0.3, 0.4) is 0 Å². The molecule has 5 aromatic rings. The van der Waals surface area contributed by atoms with Crippen LogP contribution in [0.5, 0.6) is 5.75 Å². The van der Waals surface area contributed by atoms with Crippen molar-refractivity contribution < 1.29 is 9.26 Å². The quantitative estimate of drug-likeness (QED) is 0.259. The third kappa shape index (κ3) is 3.47. The summed E-state index contributed by atoms with van der Waals surface area (Å²) in [7, 11) is 0. The molecule has 0 saturated heterocycles. The molecule has 2 aliphatic rings. The molecule has 5 nitrogen and oxygen atoms in total. The average Bonchev–Trinajstić information content (AvgIpc) is 3.54. The van der Waals surface area contributed by atoms with Gasteiger partial charge in [-0.25, -0.2) is 5.01 Å². The second-order valence-corrected chi connectivity index (χ2v) is 9.75. The molecule has 0 fully saturated rings. The molecule has 0 bridgehead atoms. The van der Waals surface area contributed by atoms with Gasteiger partial charge in [-0.05, 0) is 55.0 Å². The van der Waals surface area contributed by atoms with Gasteiger partial charge in [0, 0.05) is 28.1 Å². The molecule has 4 aromatic carbocycles. The third-order valence-electron chi connectivity index (χ3n) is 6.98. The monoisotopic (exact) mass is 491 g/mol. The fraction of sp³-hybridized carbons (Fsp3) is 0.133. The molecule has 0 radical (unpaired) electrons. The van der Waals surface area contributed by atoms with Crippen molar-refractivity contribution in [3.63, 3.8) is 0 Å². The van der Waals surface area contributed by atoms with E-state index < -0.39 is 0 Å². The standard InChI is InChI=1S/C30H22ClN3O2/c1-18-6-8-19(9-7-18)26-17-27-23-4-2-3-5-28(23)35-30(34(27)32-26)21-12-15-25-24(16-21)29(36-33-25)20-10-13-22(31)14-11-20/h2-16,27,30H,17H2,1H3. The number of benzene rings is 4. The summed E-state index contributed by atoms with van der Waals surface area (Å²) >= 11 is 6.09. The van der Waals surface area contributed by atoms with E-state index in [1.165, 1.54) is 5.56 Å². The maximum absolute atomic E-state index is 6.57. The third-order valence-corrected chi connectivity index (χ3v) is 7.23. The van der Waals surface area contributed by atoms with E-state index in [2.05, 4.69) is 59.6 Å². The number of rotatable bonds is 3. The van der Waals surface area contributed by atoms with Crippen molar-refractivity contribution in [3.8, 4) is 17.1 Å². The number of aryl methyl sites for hydroxylation is 1. The van der Waals surface area contributed by atoms with Crippen LogP contribution in [0.1, 0.15) is 40.9 Å². The summed E-state index contributed by atoms with van der Waals surface area (Å²) in [5, 5.41) is 13.1. The Balaban J connectivity index is 1.33. The normalized spacial score (nSPS) is 18.5. The summed E-state index contributed by atoms with van der Waals surface area (Å²) in [5.74, 6) is 1.61. The van der Waals surface area contributed by atoms with E-state index in [0.717, 1.165) is 51.0 Å². The molecule has 0 amide bonds. The molecule has 3 heterocycles. The topological polar surface area (TPSA) is 50.9 Å². The van der Waals surface area contributed by atoms with E-state index in [4.69, 9.17) is 26.0 Å².